The maximum Gasteiger partial charge on any atom is 0.0641 e. The first kappa shape index (κ1) is 16.3. The Hall–Kier alpha value is -1.06. The number of hydrogen-bond acceptors (Lipinski definition) is 3. The lowest BCUT2D eigenvalue weighted by molar-refractivity contribution is 0.137. The molecule has 118 valence electrons. The normalized spacial score (nSPS) is 18.4. The lowest BCUT2D eigenvalue weighted by Gasteiger charge is -2.27. The van der Waals surface area contributed by atoms with Gasteiger partial charge in [0.05, 0.1) is 6.61 Å². The third kappa shape index (κ3) is 5.01. The number of fused-ring (bicyclic) bond motifs is 1. The number of nitrogens with zero attached hydrogens (tertiary/aromatic N) is 1. The Morgan fingerprint density at radius 3 is 2.86 bits per heavy atom. The van der Waals surface area contributed by atoms with E-state index in [4.69, 9.17) is 4.74 Å². The molecule has 0 spiro atoms. The number of benzene rings is 1. The van der Waals surface area contributed by atoms with Crippen LogP contribution in [0.5, 0.6) is 0 Å². The molecule has 0 saturated heterocycles. The summed E-state index contributed by atoms with van der Waals surface area (Å²) in [4.78, 5) is 2.50. The highest BCUT2D eigenvalue weighted by Crippen LogP contribution is 2.24. The van der Waals surface area contributed by atoms with Crippen molar-refractivity contribution < 1.29 is 4.74 Å². The second-order valence-corrected chi connectivity index (χ2v) is 5.91. The highest BCUT2D eigenvalue weighted by Gasteiger charge is 2.20. The molecule has 1 aromatic rings. The zero-order chi connectivity index (χ0) is 14.9. The molecule has 21 heavy (non-hydrogen) atoms. The van der Waals surface area contributed by atoms with Crippen LogP contribution < -0.4 is 10.2 Å². The number of nitrogens with one attached hydrogen (secondary N) is 1. The van der Waals surface area contributed by atoms with Crippen LogP contribution in [-0.4, -0.2) is 32.3 Å². The van der Waals surface area contributed by atoms with Gasteiger partial charge in [0, 0.05) is 38.0 Å². The standard InChI is InChI=1S/C18H30N2O/c1-3-5-12-21-13-11-20-15-17(8-4-2)19-14-16-9-6-7-10-18(16)20/h6-7,9-10,17,19H,3-5,8,11-15H2,1-2H3. The van der Waals surface area contributed by atoms with Gasteiger partial charge >= 0.3 is 0 Å². The second kappa shape index (κ2) is 9.06. The summed E-state index contributed by atoms with van der Waals surface area (Å²) < 4.78 is 5.77. The summed E-state index contributed by atoms with van der Waals surface area (Å²) in [6, 6.07) is 9.34. The Bertz CT molecular complexity index is 408. The maximum atomic E-state index is 5.77. The summed E-state index contributed by atoms with van der Waals surface area (Å²) in [7, 11) is 0. The highest BCUT2D eigenvalue weighted by atomic mass is 16.5. The van der Waals surface area contributed by atoms with Gasteiger partial charge in [-0.2, -0.15) is 0 Å². The molecular formula is C18H30N2O. The van der Waals surface area contributed by atoms with Gasteiger partial charge in [-0.25, -0.2) is 0 Å². The van der Waals surface area contributed by atoms with Crippen LogP contribution >= 0.6 is 0 Å². The molecule has 2 rings (SSSR count). The summed E-state index contributed by atoms with van der Waals surface area (Å²) in [5, 5.41) is 3.70. The number of ether oxygens (including phenoxy) is 1. The monoisotopic (exact) mass is 290 g/mol. The number of para-hydroxylation sites is 1. The van der Waals surface area contributed by atoms with Gasteiger partial charge in [0.25, 0.3) is 0 Å². The molecule has 0 bridgehead atoms. The molecule has 1 aliphatic heterocycles. The van der Waals surface area contributed by atoms with E-state index in [0.29, 0.717) is 6.04 Å². The number of unbranched alkanes of at least 4 members (excludes halogenated alkanes) is 1. The van der Waals surface area contributed by atoms with Crippen LogP contribution in [0.2, 0.25) is 0 Å². The maximum absolute atomic E-state index is 5.77. The van der Waals surface area contributed by atoms with E-state index in [1.54, 1.807) is 0 Å². The van der Waals surface area contributed by atoms with Gasteiger partial charge in [0.2, 0.25) is 0 Å². The zero-order valence-electron chi connectivity index (χ0n) is 13.6. The van der Waals surface area contributed by atoms with Crippen LogP contribution in [0.4, 0.5) is 5.69 Å². The molecule has 3 heteroatoms. The van der Waals surface area contributed by atoms with Gasteiger partial charge in [-0.1, -0.05) is 44.9 Å². The molecule has 0 saturated carbocycles. The largest absolute Gasteiger partial charge is 0.380 e. The van der Waals surface area contributed by atoms with Crippen molar-refractivity contribution >= 4 is 5.69 Å². The van der Waals surface area contributed by atoms with Crippen LogP contribution in [0.15, 0.2) is 24.3 Å². The number of rotatable bonds is 8. The fraction of sp³-hybridized carbons (Fsp3) is 0.667. The number of anilines is 1. The quantitative estimate of drug-likeness (QED) is 0.741. The fourth-order valence-electron chi connectivity index (χ4n) is 2.93. The molecule has 1 N–H and O–H groups in total. The van der Waals surface area contributed by atoms with Crippen LogP contribution in [-0.2, 0) is 11.3 Å². The van der Waals surface area contributed by atoms with Crippen LogP contribution in [0.3, 0.4) is 0 Å². The first-order valence-electron chi connectivity index (χ1n) is 8.49. The fourth-order valence-corrected chi connectivity index (χ4v) is 2.93. The zero-order valence-corrected chi connectivity index (χ0v) is 13.6. The smallest absolute Gasteiger partial charge is 0.0641 e. The SMILES string of the molecule is CCCCOCCN1CC(CCC)NCc2ccccc21. The molecule has 1 unspecified atom stereocenters. The predicted molar refractivity (Wildman–Crippen MR) is 89.9 cm³/mol. The molecule has 0 aromatic heterocycles. The van der Waals surface area contributed by atoms with Crippen molar-refractivity contribution in [1.82, 2.24) is 5.32 Å². The van der Waals surface area contributed by atoms with Gasteiger partial charge in [-0.05, 0) is 24.5 Å². The van der Waals surface area contributed by atoms with E-state index in [2.05, 4.69) is 48.3 Å². The van der Waals surface area contributed by atoms with Crippen LogP contribution in [0.1, 0.15) is 45.1 Å². The van der Waals surface area contributed by atoms with Crippen molar-refractivity contribution in [3.05, 3.63) is 29.8 Å². The Kier molecular flexibility index (Phi) is 7.04. The molecule has 0 radical (unpaired) electrons. The van der Waals surface area contributed by atoms with E-state index in [0.717, 1.165) is 39.3 Å². The average molecular weight is 290 g/mol. The Morgan fingerprint density at radius 2 is 2.05 bits per heavy atom. The van der Waals surface area contributed by atoms with Gasteiger partial charge in [0.1, 0.15) is 0 Å². The van der Waals surface area contributed by atoms with Gasteiger partial charge in [-0.3, -0.25) is 0 Å². The van der Waals surface area contributed by atoms with Crippen molar-refractivity contribution in [3.63, 3.8) is 0 Å². The summed E-state index contributed by atoms with van der Waals surface area (Å²) in [5.41, 5.74) is 2.78. The van der Waals surface area contributed by atoms with Gasteiger partial charge < -0.3 is 15.0 Å². The minimum absolute atomic E-state index is 0.582. The van der Waals surface area contributed by atoms with Gasteiger partial charge in [0.15, 0.2) is 0 Å². The lowest BCUT2D eigenvalue weighted by Crippen LogP contribution is -2.39. The number of hydrogen-bond donors (Lipinski definition) is 1. The van der Waals surface area contributed by atoms with Crippen LogP contribution in [0.25, 0.3) is 0 Å². The minimum atomic E-state index is 0.582. The summed E-state index contributed by atoms with van der Waals surface area (Å²) in [5.74, 6) is 0. The van der Waals surface area contributed by atoms with Crippen LogP contribution in [0, 0.1) is 0 Å². The molecule has 0 amide bonds. The molecular weight excluding hydrogens is 260 g/mol. The molecule has 0 fully saturated rings. The minimum Gasteiger partial charge on any atom is -0.380 e. The van der Waals surface area contributed by atoms with Gasteiger partial charge in [-0.15, -0.1) is 0 Å². The van der Waals surface area contributed by atoms with E-state index >= 15 is 0 Å². The topological polar surface area (TPSA) is 24.5 Å². The Morgan fingerprint density at radius 1 is 1.19 bits per heavy atom. The summed E-state index contributed by atoms with van der Waals surface area (Å²) in [6.07, 6.45) is 4.83. The van der Waals surface area contributed by atoms with E-state index in [1.807, 2.05) is 0 Å². The summed E-state index contributed by atoms with van der Waals surface area (Å²) in [6.45, 7) is 9.24. The summed E-state index contributed by atoms with van der Waals surface area (Å²) >= 11 is 0. The van der Waals surface area contributed by atoms with Crippen molar-refractivity contribution in [2.75, 3.05) is 31.2 Å². The van der Waals surface area contributed by atoms with Crippen molar-refractivity contribution in [1.29, 1.82) is 0 Å². The first-order valence-corrected chi connectivity index (χ1v) is 8.49. The predicted octanol–water partition coefficient (Wildman–Crippen LogP) is 3.58. The molecule has 1 aromatic carbocycles. The van der Waals surface area contributed by atoms with E-state index in [-0.39, 0.29) is 0 Å². The third-order valence-electron chi connectivity index (χ3n) is 4.14. The molecule has 1 heterocycles. The van der Waals surface area contributed by atoms with Crippen molar-refractivity contribution in [3.8, 4) is 0 Å². The van der Waals surface area contributed by atoms with Crippen molar-refractivity contribution in [2.45, 2.75) is 52.1 Å². The molecule has 0 aliphatic carbocycles. The van der Waals surface area contributed by atoms with E-state index < -0.39 is 0 Å². The van der Waals surface area contributed by atoms with Crippen molar-refractivity contribution in [2.24, 2.45) is 0 Å². The Balaban J connectivity index is 1.96. The third-order valence-corrected chi connectivity index (χ3v) is 4.14. The Labute approximate surface area is 129 Å². The van der Waals surface area contributed by atoms with E-state index in [1.165, 1.54) is 30.5 Å². The molecule has 1 atom stereocenters. The first-order chi connectivity index (χ1) is 10.3. The molecule has 1 aliphatic rings. The average Bonchev–Trinajstić information content (AvgIpc) is 2.68. The van der Waals surface area contributed by atoms with E-state index in [9.17, 15) is 0 Å². The lowest BCUT2D eigenvalue weighted by atomic mass is 10.1. The second-order valence-electron chi connectivity index (χ2n) is 5.91. The molecule has 3 nitrogen and oxygen atoms in total. The highest BCUT2D eigenvalue weighted by molar-refractivity contribution is 5.54.